The van der Waals surface area contributed by atoms with E-state index >= 15 is 0 Å². The highest BCUT2D eigenvalue weighted by atomic mass is 32.1. The normalized spacial score (nSPS) is 10.5. The highest BCUT2D eigenvalue weighted by Gasteiger charge is 2.06. The molecule has 0 saturated carbocycles. The van der Waals surface area contributed by atoms with Crippen molar-refractivity contribution in [1.82, 2.24) is 4.98 Å². The van der Waals surface area contributed by atoms with Crippen molar-refractivity contribution in [1.29, 1.82) is 0 Å². The fourth-order valence-electron chi connectivity index (χ4n) is 2.13. The molecule has 1 aromatic heterocycles. The predicted molar refractivity (Wildman–Crippen MR) is 92.0 cm³/mol. The molecule has 0 aliphatic carbocycles. The molecule has 0 saturated heterocycles. The maximum atomic E-state index is 11.4. The Kier molecular flexibility index (Phi) is 4.02. The van der Waals surface area contributed by atoms with Crippen molar-refractivity contribution >= 4 is 27.9 Å². The van der Waals surface area contributed by atoms with Gasteiger partial charge in [-0.3, -0.25) is 4.79 Å². The molecule has 0 aliphatic heterocycles. The van der Waals surface area contributed by atoms with Crippen molar-refractivity contribution in [3.05, 3.63) is 65.0 Å². The molecule has 2 aromatic carbocycles. The number of aryl methyl sites for hydroxylation is 1. The minimum absolute atomic E-state index is 0.0585. The number of carbonyl (C=O) groups excluding carboxylic acids is 1. The first kappa shape index (κ1) is 14.5. The average Bonchev–Trinajstić information content (AvgIpc) is 2.96. The first-order valence-corrected chi connectivity index (χ1v) is 7.90. The molecule has 0 fully saturated rings. The minimum Gasteiger partial charge on any atom is -0.332 e. The van der Waals surface area contributed by atoms with Gasteiger partial charge in [-0.25, -0.2) is 4.98 Å². The lowest BCUT2D eigenvalue weighted by Gasteiger charge is -2.04. The summed E-state index contributed by atoms with van der Waals surface area (Å²) in [7, 11) is 0. The summed E-state index contributed by atoms with van der Waals surface area (Å²) in [6, 6.07) is 15.8. The Bertz CT molecular complexity index is 806. The van der Waals surface area contributed by atoms with Gasteiger partial charge in [0.05, 0.1) is 5.69 Å². The molecule has 3 nitrogen and oxygen atoms in total. The van der Waals surface area contributed by atoms with Gasteiger partial charge >= 0.3 is 0 Å². The van der Waals surface area contributed by atoms with Gasteiger partial charge in [-0.2, -0.15) is 0 Å². The number of anilines is 2. The summed E-state index contributed by atoms with van der Waals surface area (Å²) in [5, 5.41) is 6.10. The molecule has 0 bridgehead atoms. The fourth-order valence-corrected chi connectivity index (χ4v) is 2.87. The lowest BCUT2D eigenvalue weighted by molar-refractivity contribution is 0.101. The van der Waals surface area contributed by atoms with Gasteiger partial charge in [0.15, 0.2) is 10.9 Å². The van der Waals surface area contributed by atoms with Crippen molar-refractivity contribution in [2.75, 3.05) is 5.32 Å². The molecule has 4 heteroatoms. The number of carbonyl (C=O) groups is 1. The van der Waals surface area contributed by atoms with Crippen molar-refractivity contribution in [2.45, 2.75) is 13.8 Å². The van der Waals surface area contributed by atoms with Crippen molar-refractivity contribution in [3.63, 3.8) is 0 Å². The van der Waals surface area contributed by atoms with Gasteiger partial charge in [0, 0.05) is 22.2 Å². The molecule has 0 radical (unpaired) electrons. The van der Waals surface area contributed by atoms with Crippen LogP contribution in [0, 0.1) is 6.92 Å². The van der Waals surface area contributed by atoms with Gasteiger partial charge in [-0.05, 0) is 26.0 Å². The topological polar surface area (TPSA) is 42.0 Å². The Labute approximate surface area is 133 Å². The summed E-state index contributed by atoms with van der Waals surface area (Å²) in [4.78, 5) is 16.0. The lowest BCUT2D eigenvalue weighted by atomic mass is 10.1. The molecular formula is C18H16N2OS. The van der Waals surface area contributed by atoms with Crippen molar-refractivity contribution in [3.8, 4) is 11.3 Å². The van der Waals surface area contributed by atoms with E-state index < -0.39 is 0 Å². The summed E-state index contributed by atoms with van der Waals surface area (Å²) in [5.41, 5.74) is 4.86. The van der Waals surface area contributed by atoms with Crippen LogP contribution in [0.2, 0.25) is 0 Å². The zero-order valence-corrected chi connectivity index (χ0v) is 13.3. The zero-order chi connectivity index (χ0) is 15.5. The molecule has 110 valence electrons. The summed E-state index contributed by atoms with van der Waals surface area (Å²) in [6.45, 7) is 3.64. The first-order valence-electron chi connectivity index (χ1n) is 7.02. The Balaban J connectivity index is 1.81. The van der Waals surface area contributed by atoms with Crippen LogP contribution in [-0.2, 0) is 0 Å². The highest BCUT2D eigenvalue weighted by molar-refractivity contribution is 7.14. The number of Topliss-reactive ketones (excluding diaryl/α,β-unsaturated/α-hetero) is 1. The van der Waals surface area contributed by atoms with Crippen LogP contribution in [0.4, 0.5) is 10.8 Å². The van der Waals surface area contributed by atoms with Crippen LogP contribution in [0.25, 0.3) is 11.3 Å². The molecule has 0 aliphatic rings. The van der Waals surface area contributed by atoms with E-state index in [1.807, 2.05) is 29.6 Å². The summed E-state index contributed by atoms with van der Waals surface area (Å²) >= 11 is 1.55. The molecule has 3 rings (SSSR count). The number of ketones is 1. The number of aromatic nitrogens is 1. The van der Waals surface area contributed by atoms with Crippen LogP contribution in [0.1, 0.15) is 22.8 Å². The third-order valence-corrected chi connectivity index (χ3v) is 4.13. The molecule has 0 unspecified atom stereocenters. The molecular weight excluding hydrogens is 292 g/mol. The number of nitrogens with one attached hydrogen (secondary N) is 1. The number of nitrogens with zero attached hydrogens (tertiary/aromatic N) is 1. The van der Waals surface area contributed by atoms with E-state index in [0.717, 1.165) is 22.1 Å². The van der Waals surface area contributed by atoms with Crippen LogP contribution in [-0.4, -0.2) is 10.8 Å². The van der Waals surface area contributed by atoms with Gasteiger partial charge in [0.2, 0.25) is 0 Å². The Morgan fingerprint density at radius 3 is 2.64 bits per heavy atom. The maximum Gasteiger partial charge on any atom is 0.187 e. The van der Waals surface area contributed by atoms with Gasteiger partial charge in [0.1, 0.15) is 0 Å². The van der Waals surface area contributed by atoms with E-state index in [0.29, 0.717) is 5.56 Å². The summed E-state index contributed by atoms with van der Waals surface area (Å²) in [5.74, 6) is 0.0585. The van der Waals surface area contributed by atoms with Crippen LogP contribution in [0.3, 0.4) is 0 Å². The zero-order valence-electron chi connectivity index (χ0n) is 12.5. The molecule has 0 spiro atoms. The minimum atomic E-state index is 0.0585. The van der Waals surface area contributed by atoms with E-state index in [9.17, 15) is 4.79 Å². The number of hydrogen-bond acceptors (Lipinski definition) is 4. The second-order valence-electron chi connectivity index (χ2n) is 5.17. The second kappa shape index (κ2) is 6.12. The molecule has 1 N–H and O–H groups in total. The monoisotopic (exact) mass is 308 g/mol. The van der Waals surface area contributed by atoms with Crippen LogP contribution < -0.4 is 5.32 Å². The standard InChI is InChI=1S/C18H16N2OS/c1-12-6-8-14(9-7-12)17-11-22-18(20-17)19-16-5-3-4-15(10-16)13(2)21/h3-11H,1-2H3,(H,19,20). The van der Waals surface area contributed by atoms with E-state index in [1.165, 1.54) is 5.56 Å². The van der Waals surface area contributed by atoms with E-state index in [-0.39, 0.29) is 5.78 Å². The fraction of sp³-hybridized carbons (Fsp3) is 0.111. The van der Waals surface area contributed by atoms with Crippen LogP contribution >= 0.6 is 11.3 Å². The van der Waals surface area contributed by atoms with Gasteiger partial charge < -0.3 is 5.32 Å². The quantitative estimate of drug-likeness (QED) is 0.685. The Morgan fingerprint density at radius 1 is 1.14 bits per heavy atom. The Hall–Kier alpha value is -2.46. The predicted octanol–water partition coefficient (Wildman–Crippen LogP) is 5.06. The van der Waals surface area contributed by atoms with Gasteiger partial charge in [0.25, 0.3) is 0 Å². The van der Waals surface area contributed by atoms with Crippen LogP contribution in [0.5, 0.6) is 0 Å². The number of hydrogen-bond donors (Lipinski definition) is 1. The van der Waals surface area contributed by atoms with Gasteiger partial charge in [-0.1, -0.05) is 42.0 Å². The smallest absolute Gasteiger partial charge is 0.187 e. The molecule has 1 heterocycles. The molecule has 0 atom stereocenters. The largest absolute Gasteiger partial charge is 0.332 e. The Morgan fingerprint density at radius 2 is 1.91 bits per heavy atom. The maximum absolute atomic E-state index is 11.4. The summed E-state index contributed by atoms with van der Waals surface area (Å²) < 4.78 is 0. The van der Waals surface area contributed by atoms with Crippen molar-refractivity contribution in [2.24, 2.45) is 0 Å². The summed E-state index contributed by atoms with van der Waals surface area (Å²) in [6.07, 6.45) is 0. The van der Waals surface area contributed by atoms with E-state index in [4.69, 9.17) is 0 Å². The third-order valence-electron chi connectivity index (χ3n) is 3.37. The van der Waals surface area contributed by atoms with Gasteiger partial charge in [-0.15, -0.1) is 11.3 Å². The van der Waals surface area contributed by atoms with Crippen molar-refractivity contribution < 1.29 is 4.79 Å². The van der Waals surface area contributed by atoms with E-state index in [1.54, 1.807) is 18.3 Å². The second-order valence-corrected chi connectivity index (χ2v) is 6.02. The third kappa shape index (κ3) is 3.23. The molecule has 22 heavy (non-hydrogen) atoms. The van der Waals surface area contributed by atoms with Crippen LogP contribution in [0.15, 0.2) is 53.9 Å². The highest BCUT2D eigenvalue weighted by Crippen LogP contribution is 2.27. The number of benzene rings is 2. The molecule has 3 aromatic rings. The lowest BCUT2D eigenvalue weighted by Crippen LogP contribution is -1.95. The average molecular weight is 308 g/mol. The molecule has 0 amide bonds. The van der Waals surface area contributed by atoms with E-state index in [2.05, 4.69) is 41.5 Å². The SMILES string of the molecule is CC(=O)c1cccc(Nc2nc(-c3ccc(C)cc3)cs2)c1. The number of rotatable bonds is 4. The first-order chi connectivity index (χ1) is 10.6. The number of thiazole rings is 1.